The first-order valence-electron chi connectivity index (χ1n) is 4.64. The number of aromatic nitrogens is 1. The first kappa shape index (κ1) is 8.35. The summed E-state index contributed by atoms with van der Waals surface area (Å²) in [4.78, 5) is 6.39. The summed E-state index contributed by atoms with van der Waals surface area (Å²) in [5.41, 5.74) is 6.69. The number of nitrogens with two attached hydrogens (primary N) is 1. The Morgan fingerprint density at radius 3 is 2.92 bits per heavy atom. The molecule has 0 unspecified atom stereocenters. The van der Waals surface area contributed by atoms with Gasteiger partial charge in [0.15, 0.2) is 0 Å². The molecule has 2 rings (SSSR count). The largest absolute Gasteiger partial charge is 0.384 e. The fourth-order valence-corrected chi connectivity index (χ4v) is 1.58. The Kier molecular flexibility index (Phi) is 2.34. The van der Waals surface area contributed by atoms with Gasteiger partial charge in [-0.2, -0.15) is 0 Å². The number of hydrogen-bond donors (Lipinski definition) is 1. The van der Waals surface area contributed by atoms with Gasteiger partial charge in [-0.3, -0.25) is 0 Å². The van der Waals surface area contributed by atoms with E-state index in [1.165, 1.54) is 18.5 Å². The molecule has 1 saturated heterocycles. The van der Waals surface area contributed by atoms with Crippen molar-refractivity contribution in [1.82, 2.24) is 4.98 Å². The highest BCUT2D eigenvalue weighted by Crippen LogP contribution is 2.18. The first-order chi connectivity index (χ1) is 6.36. The Hall–Kier alpha value is -1.25. The van der Waals surface area contributed by atoms with E-state index in [1.54, 1.807) is 0 Å². The average molecular weight is 176 g/mol. The van der Waals surface area contributed by atoms with E-state index >= 15 is 0 Å². The zero-order valence-electron chi connectivity index (χ0n) is 7.61. The van der Waals surface area contributed by atoms with Gasteiger partial charge in [-0.15, -0.1) is 0 Å². The fourth-order valence-electron chi connectivity index (χ4n) is 1.58. The van der Waals surface area contributed by atoms with Gasteiger partial charge in [-0.25, -0.2) is 4.98 Å². The van der Waals surface area contributed by atoms with E-state index in [4.69, 9.17) is 5.73 Å². The minimum Gasteiger partial charge on any atom is -0.384 e. The minimum absolute atomic E-state index is 0.588. The Balaban J connectivity index is 2.10. The van der Waals surface area contributed by atoms with Gasteiger partial charge >= 0.3 is 0 Å². The van der Waals surface area contributed by atoms with Gasteiger partial charge in [-0.05, 0) is 31.4 Å². The second-order valence-electron chi connectivity index (χ2n) is 3.32. The first-order valence-corrected chi connectivity index (χ1v) is 4.64. The fraction of sp³-hybridized carbons (Fsp3) is 0.400. The van der Waals surface area contributed by atoms with Crippen molar-refractivity contribution in [3.63, 3.8) is 0 Å². The van der Waals surface area contributed by atoms with Crippen molar-refractivity contribution >= 4 is 11.5 Å². The SMILES string of the molecule is Nc1ccc(N2C[CH]CCC2)cn1. The molecular weight excluding hydrogens is 162 g/mol. The van der Waals surface area contributed by atoms with Gasteiger partial charge in [0, 0.05) is 13.1 Å². The smallest absolute Gasteiger partial charge is 0.123 e. The second-order valence-corrected chi connectivity index (χ2v) is 3.32. The zero-order valence-corrected chi connectivity index (χ0v) is 7.61. The quantitative estimate of drug-likeness (QED) is 0.704. The molecule has 0 spiro atoms. The molecule has 2 heterocycles. The van der Waals surface area contributed by atoms with Crippen molar-refractivity contribution in [2.45, 2.75) is 12.8 Å². The summed E-state index contributed by atoms with van der Waals surface area (Å²) in [5.74, 6) is 0.588. The molecule has 0 amide bonds. The lowest BCUT2D eigenvalue weighted by Crippen LogP contribution is -2.29. The molecule has 1 fully saturated rings. The predicted octanol–water partition coefficient (Wildman–Crippen LogP) is 1.47. The molecule has 3 nitrogen and oxygen atoms in total. The number of hydrogen-bond acceptors (Lipinski definition) is 3. The highest BCUT2D eigenvalue weighted by atomic mass is 15.1. The summed E-state index contributed by atoms with van der Waals surface area (Å²) in [6, 6.07) is 3.88. The van der Waals surface area contributed by atoms with Crippen LogP contribution in [0.25, 0.3) is 0 Å². The summed E-state index contributed by atoms with van der Waals surface area (Å²) >= 11 is 0. The molecule has 3 heteroatoms. The van der Waals surface area contributed by atoms with Crippen LogP contribution in [0.1, 0.15) is 12.8 Å². The molecule has 1 radical (unpaired) electrons. The van der Waals surface area contributed by atoms with Crippen molar-refractivity contribution in [3.8, 4) is 0 Å². The normalized spacial score (nSPS) is 17.4. The molecule has 0 atom stereocenters. The van der Waals surface area contributed by atoms with Crippen LogP contribution in [0.15, 0.2) is 18.3 Å². The van der Waals surface area contributed by atoms with Gasteiger partial charge in [0.2, 0.25) is 0 Å². The average Bonchev–Trinajstić information content (AvgIpc) is 2.20. The lowest BCUT2D eigenvalue weighted by molar-refractivity contribution is 0.671. The van der Waals surface area contributed by atoms with Crippen LogP contribution in [0.2, 0.25) is 0 Å². The van der Waals surface area contributed by atoms with Crippen LogP contribution >= 0.6 is 0 Å². The Morgan fingerprint density at radius 1 is 1.38 bits per heavy atom. The van der Waals surface area contributed by atoms with Crippen LogP contribution in [-0.2, 0) is 0 Å². The molecule has 1 aromatic rings. The highest BCUT2D eigenvalue weighted by Gasteiger charge is 2.10. The van der Waals surface area contributed by atoms with E-state index in [-0.39, 0.29) is 0 Å². The van der Waals surface area contributed by atoms with Gasteiger partial charge in [0.25, 0.3) is 0 Å². The van der Waals surface area contributed by atoms with Crippen molar-refractivity contribution in [2.75, 3.05) is 23.7 Å². The van der Waals surface area contributed by atoms with Crippen LogP contribution in [0, 0.1) is 6.42 Å². The van der Waals surface area contributed by atoms with Crippen LogP contribution in [0.3, 0.4) is 0 Å². The monoisotopic (exact) mass is 176 g/mol. The molecule has 0 aromatic carbocycles. The third kappa shape index (κ3) is 1.91. The van der Waals surface area contributed by atoms with Crippen LogP contribution in [-0.4, -0.2) is 18.1 Å². The van der Waals surface area contributed by atoms with Crippen molar-refractivity contribution in [1.29, 1.82) is 0 Å². The van der Waals surface area contributed by atoms with E-state index < -0.39 is 0 Å². The van der Waals surface area contributed by atoms with Gasteiger partial charge < -0.3 is 10.6 Å². The molecule has 1 aromatic heterocycles. The number of anilines is 2. The van der Waals surface area contributed by atoms with Gasteiger partial charge in [0.1, 0.15) is 5.82 Å². The van der Waals surface area contributed by atoms with Crippen molar-refractivity contribution < 1.29 is 0 Å². The maximum atomic E-state index is 5.52. The Morgan fingerprint density at radius 2 is 2.31 bits per heavy atom. The van der Waals surface area contributed by atoms with Crippen molar-refractivity contribution in [3.05, 3.63) is 24.8 Å². The third-order valence-electron chi connectivity index (χ3n) is 2.32. The van der Waals surface area contributed by atoms with E-state index in [1.807, 2.05) is 18.3 Å². The number of nitrogen functional groups attached to an aromatic ring is 1. The van der Waals surface area contributed by atoms with Gasteiger partial charge in [-0.1, -0.05) is 0 Å². The molecule has 0 bridgehead atoms. The molecule has 2 N–H and O–H groups in total. The Labute approximate surface area is 78.6 Å². The third-order valence-corrected chi connectivity index (χ3v) is 2.32. The van der Waals surface area contributed by atoms with Crippen molar-refractivity contribution in [2.24, 2.45) is 0 Å². The molecule has 1 aliphatic heterocycles. The summed E-state index contributed by atoms with van der Waals surface area (Å²) in [6.45, 7) is 2.16. The Bertz CT molecular complexity index is 262. The number of pyridine rings is 1. The summed E-state index contributed by atoms with van der Waals surface area (Å²) in [7, 11) is 0. The molecule has 0 aliphatic carbocycles. The number of nitrogens with zero attached hydrogens (tertiary/aromatic N) is 2. The van der Waals surface area contributed by atoms with E-state index in [0.717, 1.165) is 13.1 Å². The maximum absolute atomic E-state index is 5.52. The molecule has 69 valence electrons. The highest BCUT2D eigenvalue weighted by molar-refractivity contribution is 5.48. The summed E-state index contributed by atoms with van der Waals surface area (Å²) < 4.78 is 0. The van der Waals surface area contributed by atoms with E-state index in [2.05, 4.69) is 16.3 Å². The lowest BCUT2D eigenvalue weighted by atomic mass is 10.1. The predicted molar refractivity (Wildman–Crippen MR) is 54.4 cm³/mol. The second kappa shape index (κ2) is 3.64. The molecule has 0 saturated carbocycles. The lowest BCUT2D eigenvalue weighted by Gasteiger charge is -2.28. The van der Waals surface area contributed by atoms with E-state index in [0.29, 0.717) is 5.82 Å². The summed E-state index contributed by atoms with van der Waals surface area (Å²) in [5, 5.41) is 0. The number of rotatable bonds is 1. The van der Waals surface area contributed by atoms with Crippen LogP contribution in [0.4, 0.5) is 11.5 Å². The molecule has 1 aliphatic rings. The maximum Gasteiger partial charge on any atom is 0.123 e. The van der Waals surface area contributed by atoms with E-state index in [9.17, 15) is 0 Å². The van der Waals surface area contributed by atoms with Gasteiger partial charge in [0.05, 0.1) is 11.9 Å². The molecule has 13 heavy (non-hydrogen) atoms. The minimum atomic E-state index is 0.588. The number of piperidine rings is 1. The molecular formula is C10H14N3. The van der Waals surface area contributed by atoms with Crippen LogP contribution in [0.5, 0.6) is 0 Å². The van der Waals surface area contributed by atoms with Crippen LogP contribution < -0.4 is 10.6 Å². The standard InChI is InChI=1S/C10H14N3/c11-10-5-4-9(8-12-10)13-6-2-1-3-7-13/h2,4-5,8H,1,3,6-7H2,(H2,11,12). The zero-order chi connectivity index (χ0) is 9.10. The topological polar surface area (TPSA) is 42.1 Å². The summed E-state index contributed by atoms with van der Waals surface area (Å²) in [6.07, 6.45) is 6.62.